The quantitative estimate of drug-likeness (QED) is 0.433. The summed E-state index contributed by atoms with van der Waals surface area (Å²) in [5, 5.41) is 0. The van der Waals surface area contributed by atoms with Crippen LogP contribution in [0.1, 0.15) is 39.5 Å². The SMILES string of the molecule is CCC[CH2][Sn]([Cl])([Cl])[CH2]CCC.c1ccc(-c2ccccn2)nc1. The molecule has 0 aromatic carbocycles. The Hall–Kier alpha value is -0.321. The van der Waals surface area contributed by atoms with Crippen LogP contribution in [0.3, 0.4) is 0 Å². The number of nitrogens with zero attached hydrogens (tertiary/aromatic N) is 2. The number of pyridine rings is 2. The molecule has 0 saturated heterocycles. The first-order valence-electron chi connectivity index (χ1n) is 8.29. The van der Waals surface area contributed by atoms with E-state index < -0.39 is 16.1 Å². The molecule has 23 heavy (non-hydrogen) atoms. The number of aromatic nitrogens is 2. The Morgan fingerprint density at radius 3 is 1.52 bits per heavy atom. The normalized spacial score (nSPS) is 10.8. The molecule has 0 aliphatic heterocycles. The molecule has 0 spiro atoms. The van der Waals surface area contributed by atoms with Gasteiger partial charge in [0.05, 0.1) is 11.4 Å². The van der Waals surface area contributed by atoms with Gasteiger partial charge in [0.15, 0.2) is 0 Å². The van der Waals surface area contributed by atoms with E-state index in [1.54, 1.807) is 12.4 Å². The Morgan fingerprint density at radius 2 is 1.22 bits per heavy atom. The van der Waals surface area contributed by atoms with Crippen molar-refractivity contribution in [3.8, 4) is 11.4 Å². The summed E-state index contributed by atoms with van der Waals surface area (Å²) >= 11 is -2.49. The number of hydrogen-bond donors (Lipinski definition) is 0. The molecule has 5 heteroatoms. The molecule has 2 nitrogen and oxygen atoms in total. The molecule has 0 aliphatic rings. The van der Waals surface area contributed by atoms with Gasteiger partial charge >= 0.3 is 82.4 Å². The standard InChI is InChI=1S/C10H8N2.2C4H9.2ClH.Sn/c1-3-7-11-9(5-1)10-6-2-4-8-12-10;2*1-3-4-2;;;/h1-8H;2*1,3-4H2,2H3;2*1H;/q;;;;;+2/p-2. The molecule has 2 rings (SSSR count). The zero-order valence-electron chi connectivity index (χ0n) is 14.0. The Balaban J connectivity index is 0.000000232. The van der Waals surface area contributed by atoms with Gasteiger partial charge in [0.2, 0.25) is 0 Å². The van der Waals surface area contributed by atoms with Crippen LogP contribution in [0.5, 0.6) is 0 Å². The van der Waals surface area contributed by atoms with E-state index in [0.29, 0.717) is 0 Å². The van der Waals surface area contributed by atoms with Crippen molar-refractivity contribution in [2.24, 2.45) is 0 Å². The first-order valence-corrected chi connectivity index (χ1v) is 19.6. The minimum absolute atomic E-state index is 0.915. The Labute approximate surface area is 152 Å². The van der Waals surface area contributed by atoms with Gasteiger partial charge < -0.3 is 0 Å². The largest absolute Gasteiger partial charge is 0.255 e. The predicted octanol–water partition coefficient (Wildman–Crippen LogP) is 6.65. The first-order chi connectivity index (χ1) is 11.1. The molecule has 0 atom stereocenters. The van der Waals surface area contributed by atoms with Gasteiger partial charge in [0, 0.05) is 12.4 Å². The topological polar surface area (TPSA) is 25.8 Å². The van der Waals surface area contributed by atoms with Crippen LogP contribution in [0, 0.1) is 0 Å². The zero-order chi connectivity index (χ0) is 17.0. The molecule has 0 unspecified atom stereocenters. The van der Waals surface area contributed by atoms with Gasteiger partial charge in [-0.2, -0.15) is 0 Å². The minimum Gasteiger partial charge on any atom is -0.255 e. The van der Waals surface area contributed by atoms with Crippen molar-refractivity contribution in [2.75, 3.05) is 0 Å². The van der Waals surface area contributed by atoms with E-state index in [0.717, 1.165) is 20.3 Å². The van der Waals surface area contributed by atoms with Crippen molar-refractivity contribution in [1.82, 2.24) is 9.97 Å². The van der Waals surface area contributed by atoms with Crippen LogP contribution in [-0.4, -0.2) is 26.1 Å². The molecular formula is C18H26Cl2N2Sn. The van der Waals surface area contributed by atoms with Crippen molar-refractivity contribution in [1.29, 1.82) is 0 Å². The smallest absolute Gasteiger partial charge is 0.0886 e. The van der Waals surface area contributed by atoms with Crippen molar-refractivity contribution >= 4 is 34.0 Å². The van der Waals surface area contributed by atoms with Crippen LogP contribution in [0.4, 0.5) is 0 Å². The fourth-order valence-electron chi connectivity index (χ4n) is 2.02. The van der Waals surface area contributed by atoms with E-state index in [4.69, 9.17) is 17.8 Å². The number of unbranched alkanes of at least 4 members (excludes halogenated alkanes) is 2. The molecule has 2 heterocycles. The van der Waals surface area contributed by atoms with Crippen molar-refractivity contribution in [2.45, 2.75) is 48.4 Å². The van der Waals surface area contributed by atoms with Crippen molar-refractivity contribution in [3.05, 3.63) is 48.8 Å². The summed E-state index contributed by atoms with van der Waals surface area (Å²) in [5.74, 6) is 0. The third-order valence-corrected chi connectivity index (χ3v) is 14.6. The van der Waals surface area contributed by atoms with Gasteiger partial charge in [0.25, 0.3) is 0 Å². The molecule has 0 bridgehead atoms. The third kappa shape index (κ3) is 9.53. The summed E-state index contributed by atoms with van der Waals surface area (Å²) in [6, 6.07) is 11.6. The van der Waals surface area contributed by atoms with Crippen LogP contribution < -0.4 is 0 Å². The van der Waals surface area contributed by atoms with E-state index in [-0.39, 0.29) is 0 Å². The number of rotatable bonds is 7. The maximum atomic E-state index is 6.27. The predicted molar refractivity (Wildman–Crippen MR) is 104 cm³/mol. The van der Waals surface area contributed by atoms with E-state index in [1.807, 2.05) is 36.4 Å². The second-order valence-electron chi connectivity index (χ2n) is 5.49. The fourth-order valence-corrected chi connectivity index (χ4v) is 11.3. The molecule has 126 valence electrons. The summed E-state index contributed by atoms with van der Waals surface area (Å²) in [6.45, 7) is 4.38. The summed E-state index contributed by atoms with van der Waals surface area (Å²) in [5.41, 5.74) is 1.83. The minimum atomic E-state index is -2.49. The average Bonchev–Trinajstić information content (AvgIpc) is 2.60. The van der Waals surface area contributed by atoms with E-state index in [9.17, 15) is 0 Å². The van der Waals surface area contributed by atoms with Crippen LogP contribution in [0.2, 0.25) is 8.87 Å². The van der Waals surface area contributed by atoms with Gasteiger partial charge in [-0.25, -0.2) is 0 Å². The first kappa shape index (κ1) is 20.7. The molecule has 0 aliphatic carbocycles. The maximum absolute atomic E-state index is 6.27. The fraction of sp³-hybridized carbons (Fsp3) is 0.444. The third-order valence-electron chi connectivity index (χ3n) is 3.38. The van der Waals surface area contributed by atoms with Crippen molar-refractivity contribution in [3.63, 3.8) is 0 Å². The molecular weight excluding hydrogens is 434 g/mol. The molecule has 0 saturated carbocycles. The second kappa shape index (κ2) is 12.1. The molecule has 0 amide bonds. The van der Waals surface area contributed by atoms with E-state index in [2.05, 4.69) is 23.8 Å². The van der Waals surface area contributed by atoms with Gasteiger partial charge in [-0.3, -0.25) is 9.97 Å². The Morgan fingerprint density at radius 1 is 0.783 bits per heavy atom. The van der Waals surface area contributed by atoms with Gasteiger partial charge in [-0.1, -0.05) is 12.1 Å². The zero-order valence-corrected chi connectivity index (χ0v) is 18.4. The van der Waals surface area contributed by atoms with Crippen LogP contribution in [0.25, 0.3) is 11.4 Å². The van der Waals surface area contributed by atoms with Gasteiger partial charge in [0.1, 0.15) is 0 Å². The monoisotopic (exact) mass is 460 g/mol. The van der Waals surface area contributed by atoms with E-state index in [1.165, 1.54) is 25.7 Å². The molecule has 2 aromatic heterocycles. The number of hydrogen-bond acceptors (Lipinski definition) is 2. The van der Waals surface area contributed by atoms with Gasteiger partial charge in [-0.05, 0) is 24.3 Å². The average molecular weight is 460 g/mol. The number of halogens is 2. The second-order valence-corrected chi connectivity index (χ2v) is 24.2. The summed E-state index contributed by atoms with van der Waals surface area (Å²) in [6.07, 6.45) is 8.45. The Bertz CT molecular complexity index is 474. The summed E-state index contributed by atoms with van der Waals surface area (Å²) < 4.78 is 2.29. The molecule has 2 aromatic rings. The van der Waals surface area contributed by atoms with Crippen LogP contribution in [-0.2, 0) is 0 Å². The Kier molecular flexibility index (Phi) is 10.9. The van der Waals surface area contributed by atoms with Crippen molar-refractivity contribution < 1.29 is 0 Å². The molecule has 0 radical (unpaired) electrons. The van der Waals surface area contributed by atoms with Crippen LogP contribution >= 0.6 is 17.8 Å². The summed E-state index contributed by atoms with van der Waals surface area (Å²) in [4.78, 5) is 8.37. The van der Waals surface area contributed by atoms with E-state index >= 15 is 0 Å². The molecule has 0 N–H and O–H groups in total. The summed E-state index contributed by atoms with van der Waals surface area (Å²) in [7, 11) is 12.5. The van der Waals surface area contributed by atoms with Gasteiger partial charge in [-0.15, -0.1) is 0 Å². The molecule has 0 fully saturated rings. The van der Waals surface area contributed by atoms with Crippen LogP contribution in [0.15, 0.2) is 48.8 Å². The maximum Gasteiger partial charge on any atom is 0.0886 e.